The fraction of sp³-hybridized carbons (Fsp3) is 0.333. The summed E-state index contributed by atoms with van der Waals surface area (Å²) >= 11 is 1.24. The number of ether oxygens (including phenoxy) is 1. The number of thiazole rings is 1. The van der Waals surface area contributed by atoms with E-state index < -0.39 is 6.04 Å². The maximum atomic E-state index is 12.1. The lowest BCUT2D eigenvalue weighted by molar-refractivity contribution is -0.122. The minimum atomic E-state index is -0.519. The van der Waals surface area contributed by atoms with Crippen LogP contribution in [-0.2, 0) is 27.3 Å². The van der Waals surface area contributed by atoms with E-state index in [-0.39, 0.29) is 24.1 Å². The standard InChI is InChI=1S/C18H20N4O4S/c1-26-14-5-3-2-4-11(14)9-19-16(24)8-12-10-27-18(20-12)22-17(25)13-6-7-15(23)21-13/h2-5,10,13H,6-9H2,1H3,(H,19,24)(H,21,23)(H,20,22,25)/t13-/m0/s1. The molecule has 1 atom stereocenters. The SMILES string of the molecule is COc1ccccc1CNC(=O)Cc1csc(NC(=O)[C@@H]2CCC(=O)N2)n1. The normalized spacial score (nSPS) is 15.9. The van der Waals surface area contributed by atoms with E-state index in [2.05, 4.69) is 20.9 Å². The summed E-state index contributed by atoms with van der Waals surface area (Å²) in [5, 5.41) is 10.3. The first-order valence-corrected chi connectivity index (χ1v) is 9.36. The molecule has 3 rings (SSSR count). The number of anilines is 1. The molecule has 1 aliphatic heterocycles. The minimum Gasteiger partial charge on any atom is -0.496 e. The Hall–Kier alpha value is -2.94. The lowest BCUT2D eigenvalue weighted by Gasteiger charge is -2.09. The lowest BCUT2D eigenvalue weighted by atomic mass is 10.2. The number of carbonyl (C=O) groups is 3. The minimum absolute atomic E-state index is 0.113. The number of hydrogen-bond acceptors (Lipinski definition) is 6. The van der Waals surface area contributed by atoms with Crippen LogP contribution in [0.3, 0.4) is 0 Å². The molecule has 142 valence electrons. The highest BCUT2D eigenvalue weighted by Crippen LogP contribution is 2.19. The molecule has 1 aliphatic rings. The Morgan fingerprint density at radius 1 is 1.37 bits per heavy atom. The maximum Gasteiger partial charge on any atom is 0.248 e. The van der Waals surface area contributed by atoms with Crippen LogP contribution in [0.1, 0.15) is 24.1 Å². The number of methoxy groups -OCH3 is 1. The number of nitrogens with one attached hydrogen (secondary N) is 3. The molecule has 2 aromatic rings. The number of nitrogens with zero attached hydrogens (tertiary/aromatic N) is 1. The summed E-state index contributed by atoms with van der Waals surface area (Å²) < 4.78 is 5.26. The quantitative estimate of drug-likeness (QED) is 0.661. The van der Waals surface area contributed by atoms with Gasteiger partial charge < -0.3 is 20.7 Å². The first-order chi connectivity index (χ1) is 13.0. The molecule has 0 spiro atoms. The van der Waals surface area contributed by atoms with Gasteiger partial charge in [-0.1, -0.05) is 18.2 Å². The fourth-order valence-corrected chi connectivity index (χ4v) is 3.43. The lowest BCUT2D eigenvalue weighted by Crippen LogP contribution is -2.37. The average molecular weight is 388 g/mol. The number of amides is 3. The molecule has 2 heterocycles. The van der Waals surface area contributed by atoms with Gasteiger partial charge in [0.05, 0.1) is 19.2 Å². The van der Waals surface area contributed by atoms with Gasteiger partial charge in [0, 0.05) is 23.9 Å². The van der Waals surface area contributed by atoms with Gasteiger partial charge in [-0.05, 0) is 12.5 Å². The summed E-state index contributed by atoms with van der Waals surface area (Å²) in [6, 6.07) is 6.95. The molecule has 8 nitrogen and oxygen atoms in total. The zero-order chi connectivity index (χ0) is 19.2. The van der Waals surface area contributed by atoms with E-state index in [1.165, 1.54) is 11.3 Å². The van der Waals surface area contributed by atoms with Crippen LogP contribution in [0.25, 0.3) is 0 Å². The monoisotopic (exact) mass is 388 g/mol. The van der Waals surface area contributed by atoms with Crippen LogP contribution >= 0.6 is 11.3 Å². The number of carbonyl (C=O) groups excluding carboxylic acids is 3. The Morgan fingerprint density at radius 3 is 2.93 bits per heavy atom. The van der Waals surface area contributed by atoms with Crippen molar-refractivity contribution in [2.45, 2.75) is 31.8 Å². The fourth-order valence-electron chi connectivity index (χ4n) is 2.72. The Labute approximate surface area is 160 Å². The summed E-state index contributed by atoms with van der Waals surface area (Å²) in [6.45, 7) is 0.359. The summed E-state index contributed by atoms with van der Waals surface area (Å²) in [7, 11) is 1.59. The number of aromatic nitrogens is 1. The van der Waals surface area contributed by atoms with Crippen LogP contribution in [0.4, 0.5) is 5.13 Å². The highest BCUT2D eigenvalue weighted by atomic mass is 32.1. The van der Waals surface area contributed by atoms with Crippen molar-refractivity contribution in [3.05, 3.63) is 40.9 Å². The highest BCUT2D eigenvalue weighted by molar-refractivity contribution is 7.13. The second kappa shape index (κ2) is 8.63. The van der Waals surface area contributed by atoms with E-state index in [1.807, 2.05) is 24.3 Å². The van der Waals surface area contributed by atoms with Crippen LogP contribution in [-0.4, -0.2) is 35.9 Å². The van der Waals surface area contributed by atoms with Crippen LogP contribution < -0.4 is 20.7 Å². The highest BCUT2D eigenvalue weighted by Gasteiger charge is 2.27. The molecule has 3 amide bonds. The van der Waals surface area contributed by atoms with Gasteiger partial charge in [-0.2, -0.15) is 0 Å². The maximum absolute atomic E-state index is 12.1. The molecule has 0 radical (unpaired) electrons. The molecule has 3 N–H and O–H groups in total. The first-order valence-electron chi connectivity index (χ1n) is 8.48. The van der Waals surface area contributed by atoms with Crippen LogP contribution in [0.2, 0.25) is 0 Å². The smallest absolute Gasteiger partial charge is 0.248 e. The number of benzene rings is 1. The van der Waals surface area contributed by atoms with E-state index in [9.17, 15) is 14.4 Å². The third-order valence-electron chi connectivity index (χ3n) is 4.10. The second-order valence-corrected chi connectivity index (χ2v) is 6.92. The molecule has 0 aliphatic carbocycles. The van der Waals surface area contributed by atoms with Gasteiger partial charge in [0.25, 0.3) is 0 Å². The predicted molar refractivity (Wildman–Crippen MR) is 100 cm³/mol. The Kier molecular flexibility index (Phi) is 6.02. The molecule has 9 heteroatoms. The van der Waals surface area contributed by atoms with Crippen molar-refractivity contribution < 1.29 is 19.1 Å². The molecule has 1 aromatic carbocycles. The Balaban J connectivity index is 1.49. The third-order valence-corrected chi connectivity index (χ3v) is 4.91. The van der Waals surface area contributed by atoms with Gasteiger partial charge >= 0.3 is 0 Å². The van der Waals surface area contributed by atoms with Crippen molar-refractivity contribution in [2.75, 3.05) is 12.4 Å². The molecular formula is C18H20N4O4S. The Bertz CT molecular complexity index is 851. The topological polar surface area (TPSA) is 109 Å². The first kappa shape index (κ1) is 18.8. The average Bonchev–Trinajstić information content (AvgIpc) is 3.29. The van der Waals surface area contributed by atoms with Crippen molar-refractivity contribution in [3.63, 3.8) is 0 Å². The van der Waals surface area contributed by atoms with E-state index in [1.54, 1.807) is 12.5 Å². The van der Waals surface area contributed by atoms with Gasteiger partial charge in [-0.25, -0.2) is 4.98 Å². The number of hydrogen-bond donors (Lipinski definition) is 3. The van der Waals surface area contributed by atoms with E-state index in [4.69, 9.17) is 4.74 Å². The summed E-state index contributed by atoms with van der Waals surface area (Å²) in [5.74, 6) is 0.131. The molecule has 27 heavy (non-hydrogen) atoms. The molecule has 1 fully saturated rings. The van der Waals surface area contributed by atoms with Crippen LogP contribution in [0.5, 0.6) is 5.75 Å². The van der Waals surface area contributed by atoms with E-state index in [0.29, 0.717) is 30.2 Å². The van der Waals surface area contributed by atoms with Crippen molar-refractivity contribution >= 4 is 34.2 Å². The van der Waals surface area contributed by atoms with Crippen molar-refractivity contribution in [1.82, 2.24) is 15.6 Å². The van der Waals surface area contributed by atoms with E-state index >= 15 is 0 Å². The molecule has 0 saturated carbocycles. The summed E-state index contributed by atoms with van der Waals surface area (Å²) in [5.41, 5.74) is 1.46. The third kappa shape index (κ3) is 5.04. The van der Waals surface area contributed by atoms with Crippen molar-refractivity contribution in [1.29, 1.82) is 0 Å². The zero-order valence-electron chi connectivity index (χ0n) is 14.8. The van der Waals surface area contributed by atoms with Gasteiger partial charge in [-0.15, -0.1) is 11.3 Å². The number of para-hydroxylation sites is 1. The Morgan fingerprint density at radius 2 is 2.19 bits per heavy atom. The van der Waals surface area contributed by atoms with Crippen LogP contribution in [0, 0.1) is 0 Å². The second-order valence-electron chi connectivity index (χ2n) is 6.06. The molecule has 1 saturated heterocycles. The molecule has 1 aromatic heterocycles. The van der Waals surface area contributed by atoms with Crippen molar-refractivity contribution in [2.24, 2.45) is 0 Å². The van der Waals surface area contributed by atoms with Crippen molar-refractivity contribution in [3.8, 4) is 5.75 Å². The zero-order valence-corrected chi connectivity index (χ0v) is 15.6. The summed E-state index contributed by atoms with van der Waals surface area (Å²) in [4.78, 5) is 39.6. The molecular weight excluding hydrogens is 368 g/mol. The predicted octanol–water partition coefficient (Wildman–Crippen LogP) is 1.23. The van der Waals surface area contributed by atoms with Gasteiger partial charge in [-0.3, -0.25) is 14.4 Å². The van der Waals surface area contributed by atoms with E-state index in [0.717, 1.165) is 11.3 Å². The van der Waals surface area contributed by atoms with Crippen LogP contribution in [0.15, 0.2) is 29.6 Å². The molecule has 0 bridgehead atoms. The van der Waals surface area contributed by atoms with Gasteiger partial charge in [0.2, 0.25) is 17.7 Å². The van der Waals surface area contributed by atoms with Gasteiger partial charge in [0.15, 0.2) is 5.13 Å². The summed E-state index contributed by atoms with van der Waals surface area (Å²) in [6.07, 6.45) is 0.948. The largest absolute Gasteiger partial charge is 0.496 e. The molecule has 0 unspecified atom stereocenters. The van der Waals surface area contributed by atoms with Gasteiger partial charge in [0.1, 0.15) is 11.8 Å². The number of rotatable bonds is 7.